The molecular weight excluding hydrogens is 178 g/mol. The largest absolute Gasteiger partial charge is 0.501 e. The summed E-state index contributed by atoms with van der Waals surface area (Å²) in [5.41, 5.74) is 0. The Morgan fingerprint density at radius 1 is 1.73 bits per heavy atom. The summed E-state index contributed by atoms with van der Waals surface area (Å²) in [6.45, 7) is 1.98. The SMILES string of the molecule is CCO/C=C\C(=O)C(F)(F)Cl. The molecule has 0 aromatic carbocycles. The van der Waals surface area contributed by atoms with Crippen LogP contribution in [0.15, 0.2) is 12.3 Å². The van der Waals surface area contributed by atoms with Crippen LogP contribution in [0, 0.1) is 0 Å². The van der Waals surface area contributed by atoms with Gasteiger partial charge in [0, 0.05) is 6.08 Å². The average Bonchev–Trinajstić information content (AvgIpc) is 1.86. The van der Waals surface area contributed by atoms with Gasteiger partial charge in [0.15, 0.2) is 0 Å². The fourth-order valence-corrected chi connectivity index (χ4v) is 0.364. The van der Waals surface area contributed by atoms with Crippen molar-refractivity contribution in [1.82, 2.24) is 0 Å². The zero-order valence-corrected chi connectivity index (χ0v) is 6.57. The summed E-state index contributed by atoms with van der Waals surface area (Å²) >= 11 is 4.37. The monoisotopic (exact) mass is 184 g/mol. The fraction of sp³-hybridized carbons (Fsp3) is 0.500. The Labute approximate surface area is 67.8 Å². The number of carbonyl (C=O) groups excluding carboxylic acids is 1. The molecule has 0 N–H and O–H groups in total. The molecule has 0 aliphatic carbocycles. The Morgan fingerprint density at radius 2 is 2.27 bits per heavy atom. The number of halogens is 3. The molecule has 0 aliphatic heterocycles. The van der Waals surface area contributed by atoms with E-state index in [2.05, 4.69) is 16.3 Å². The molecule has 64 valence electrons. The van der Waals surface area contributed by atoms with E-state index in [0.29, 0.717) is 12.7 Å². The molecule has 0 aromatic rings. The zero-order chi connectivity index (χ0) is 8.91. The van der Waals surface area contributed by atoms with Crippen molar-refractivity contribution in [2.45, 2.75) is 12.3 Å². The normalized spacial score (nSPS) is 12.0. The van der Waals surface area contributed by atoms with Gasteiger partial charge in [-0.15, -0.1) is 0 Å². The lowest BCUT2D eigenvalue weighted by Gasteiger charge is -2.00. The van der Waals surface area contributed by atoms with E-state index in [1.807, 2.05) is 0 Å². The van der Waals surface area contributed by atoms with E-state index in [-0.39, 0.29) is 0 Å². The number of carbonyl (C=O) groups is 1. The minimum atomic E-state index is -3.83. The molecule has 2 nitrogen and oxygen atoms in total. The first-order valence-electron chi connectivity index (χ1n) is 2.87. The average molecular weight is 185 g/mol. The second-order valence-corrected chi connectivity index (χ2v) is 2.09. The second kappa shape index (κ2) is 4.28. The number of hydrogen-bond donors (Lipinski definition) is 0. The first-order chi connectivity index (χ1) is 4.98. The summed E-state index contributed by atoms with van der Waals surface area (Å²) < 4.78 is 28.2. The Bertz CT molecular complexity index is 162. The van der Waals surface area contributed by atoms with Gasteiger partial charge in [0.2, 0.25) is 5.78 Å². The Morgan fingerprint density at radius 3 is 2.64 bits per heavy atom. The third-order valence-electron chi connectivity index (χ3n) is 0.762. The topological polar surface area (TPSA) is 26.3 Å². The van der Waals surface area contributed by atoms with Crippen molar-refractivity contribution in [3.05, 3.63) is 12.3 Å². The molecule has 0 aromatic heterocycles. The summed E-state index contributed by atoms with van der Waals surface area (Å²) in [5.74, 6) is -1.48. The summed E-state index contributed by atoms with van der Waals surface area (Å²) in [4.78, 5) is 10.3. The van der Waals surface area contributed by atoms with E-state index in [9.17, 15) is 13.6 Å². The van der Waals surface area contributed by atoms with Gasteiger partial charge in [0.05, 0.1) is 12.9 Å². The van der Waals surface area contributed by atoms with Gasteiger partial charge in [0.1, 0.15) is 0 Å². The van der Waals surface area contributed by atoms with E-state index in [0.717, 1.165) is 6.26 Å². The molecule has 0 unspecified atom stereocenters. The lowest BCUT2D eigenvalue weighted by atomic mass is 10.4. The van der Waals surface area contributed by atoms with Gasteiger partial charge in [-0.3, -0.25) is 4.79 Å². The van der Waals surface area contributed by atoms with Crippen molar-refractivity contribution in [3.63, 3.8) is 0 Å². The molecule has 11 heavy (non-hydrogen) atoms. The van der Waals surface area contributed by atoms with Gasteiger partial charge in [-0.2, -0.15) is 8.78 Å². The van der Waals surface area contributed by atoms with Gasteiger partial charge < -0.3 is 4.74 Å². The lowest BCUT2D eigenvalue weighted by Crippen LogP contribution is -2.18. The maximum absolute atomic E-state index is 11.9. The molecule has 0 amide bonds. The molecule has 0 saturated heterocycles. The van der Waals surface area contributed by atoms with Crippen molar-refractivity contribution in [2.75, 3.05) is 6.61 Å². The number of hydrogen-bond acceptors (Lipinski definition) is 2. The minimum absolute atomic E-state index is 0.317. The van der Waals surface area contributed by atoms with Crippen LogP contribution < -0.4 is 0 Å². The molecule has 0 heterocycles. The van der Waals surface area contributed by atoms with Crippen molar-refractivity contribution in [2.24, 2.45) is 0 Å². The first-order valence-corrected chi connectivity index (χ1v) is 3.25. The highest BCUT2D eigenvalue weighted by Crippen LogP contribution is 2.19. The predicted molar refractivity (Wildman–Crippen MR) is 36.6 cm³/mol. The molecule has 0 atom stereocenters. The van der Waals surface area contributed by atoms with Crippen LogP contribution in [0.3, 0.4) is 0 Å². The Balaban J connectivity index is 3.88. The fourth-order valence-electron chi connectivity index (χ4n) is 0.301. The van der Waals surface area contributed by atoms with E-state index in [1.165, 1.54) is 0 Å². The van der Waals surface area contributed by atoms with Crippen LogP contribution in [0.1, 0.15) is 6.92 Å². The molecule has 0 fully saturated rings. The zero-order valence-electron chi connectivity index (χ0n) is 5.81. The Hall–Kier alpha value is -0.640. The third kappa shape index (κ3) is 4.72. The number of ether oxygens (including phenoxy) is 1. The van der Waals surface area contributed by atoms with Crippen molar-refractivity contribution in [1.29, 1.82) is 0 Å². The molecule has 0 spiro atoms. The summed E-state index contributed by atoms with van der Waals surface area (Å²) in [5, 5.41) is -3.83. The van der Waals surface area contributed by atoms with Gasteiger partial charge in [-0.25, -0.2) is 0 Å². The predicted octanol–water partition coefficient (Wildman–Crippen LogP) is 1.94. The molecule has 5 heteroatoms. The van der Waals surface area contributed by atoms with E-state index in [1.54, 1.807) is 6.92 Å². The van der Waals surface area contributed by atoms with Crippen LogP contribution in [-0.4, -0.2) is 17.8 Å². The van der Waals surface area contributed by atoms with Crippen molar-refractivity contribution >= 4 is 17.4 Å². The molecule has 0 aliphatic rings. The molecule has 0 saturated carbocycles. The van der Waals surface area contributed by atoms with Crippen molar-refractivity contribution < 1.29 is 18.3 Å². The molecular formula is C6H7ClF2O2. The summed E-state index contributed by atoms with van der Waals surface area (Å²) in [6.07, 6.45) is 1.48. The summed E-state index contributed by atoms with van der Waals surface area (Å²) in [6, 6.07) is 0. The van der Waals surface area contributed by atoms with Gasteiger partial charge in [-0.05, 0) is 18.5 Å². The van der Waals surface area contributed by atoms with Gasteiger partial charge in [-0.1, -0.05) is 0 Å². The minimum Gasteiger partial charge on any atom is -0.501 e. The van der Waals surface area contributed by atoms with E-state index < -0.39 is 11.2 Å². The van der Waals surface area contributed by atoms with Gasteiger partial charge in [0.25, 0.3) is 0 Å². The Kier molecular flexibility index (Phi) is 4.03. The number of alkyl halides is 3. The van der Waals surface area contributed by atoms with Gasteiger partial charge >= 0.3 is 5.38 Å². The van der Waals surface area contributed by atoms with E-state index >= 15 is 0 Å². The van der Waals surface area contributed by atoms with Crippen LogP contribution >= 0.6 is 11.6 Å². The maximum atomic E-state index is 11.9. The van der Waals surface area contributed by atoms with Crippen LogP contribution in [0.2, 0.25) is 0 Å². The number of ketones is 1. The van der Waals surface area contributed by atoms with E-state index in [4.69, 9.17) is 0 Å². The highest BCUT2D eigenvalue weighted by molar-refractivity contribution is 6.34. The smallest absolute Gasteiger partial charge is 0.384 e. The quantitative estimate of drug-likeness (QED) is 0.379. The molecule has 0 radical (unpaired) electrons. The highest BCUT2D eigenvalue weighted by atomic mass is 35.5. The third-order valence-corrected chi connectivity index (χ3v) is 0.948. The highest BCUT2D eigenvalue weighted by Gasteiger charge is 2.33. The van der Waals surface area contributed by atoms with Crippen LogP contribution in [0.25, 0.3) is 0 Å². The number of allylic oxidation sites excluding steroid dienone is 1. The van der Waals surface area contributed by atoms with Crippen molar-refractivity contribution in [3.8, 4) is 0 Å². The molecule has 0 rings (SSSR count). The molecule has 0 bridgehead atoms. The first kappa shape index (κ1) is 10.4. The second-order valence-electron chi connectivity index (χ2n) is 1.62. The standard InChI is InChI=1S/C6H7ClF2O2/c1-2-11-4-3-5(10)6(7,8)9/h3-4H,2H2,1H3/b4-3-. The number of rotatable bonds is 4. The maximum Gasteiger partial charge on any atom is 0.384 e. The van der Waals surface area contributed by atoms with Crippen LogP contribution in [0.4, 0.5) is 8.78 Å². The van der Waals surface area contributed by atoms with Crippen LogP contribution in [-0.2, 0) is 9.53 Å². The van der Waals surface area contributed by atoms with Crippen LogP contribution in [0.5, 0.6) is 0 Å². The lowest BCUT2D eigenvalue weighted by molar-refractivity contribution is -0.128. The summed E-state index contributed by atoms with van der Waals surface area (Å²) in [7, 11) is 0.